The van der Waals surface area contributed by atoms with E-state index in [4.69, 9.17) is 28.5 Å². The molecule has 0 radical (unpaired) electrons. The molecule has 80 valence electrons. The van der Waals surface area contributed by atoms with E-state index in [1.165, 1.54) is 0 Å². The lowest BCUT2D eigenvalue weighted by Crippen LogP contribution is -2.20. The molecule has 0 amide bonds. The van der Waals surface area contributed by atoms with Gasteiger partial charge in [-0.1, -0.05) is 29.3 Å². The molecule has 1 rings (SSSR count). The monoisotopic (exact) mass is 243 g/mol. The molecular formula is C11H11Cl2NO. The van der Waals surface area contributed by atoms with E-state index in [-0.39, 0.29) is 0 Å². The van der Waals surface area contributed by atoms with Gasteiger partial charge in [-0.15, -0.1) is 0 Å². The third-order valence-electron chi connectivity index (χ3n) is 2.23. The largest absolute Gasteiger partial charge is 0.387 e. The van der Waals surface area contributed by atoms with Crippen LogP contribution in [0, 0.1) is 16.7 Å². The predicted octanol–water partition coefficient (Wildman–Crippen LogP) is 3.58. The first-order valence-corrected chi connectivity index (χ1v) is 5.18. The average molecular weight is 244 g/mol. The molecule has 0 aliphatic heterocycles. The van der Waals surface area contributed by atoms with Crippen LogP contribution < -0.4 is 0 Å². The third-order valence-corrected chi connectivity index (χ3v) is 2.79. The van der Waals surface area contributed by atoms with Gasteiger partial charge in [-0.2, -0.15) is 5.26 Å². The molecule has 0 aliphatic rings. The van der Waals surface area contributed by atoms with Crippen LogP contribution in [0.2, 0.25) is 10.0 Å². The van der Waals surface area contributed by atoms with Crippen LogP contribution in [0.15, 0.2) is 18.2 Å². The van der Waals surface area contributed by atoms with Crippen molar-refractivity contribution in [3.63, 3.8) is 0 Å². The van der Waals surface area contributed by atoms with E-state index < -0.39 is 11.5 Å². The van der Waals surface area contributed by atoms with Crippen molar-refractivity contribution in [2.75, 3.05) is 0 Å². The van der Waals surface area contributed by atoms with Gasteiger partial charge < -0.3 is 5.11 Å². The zero-order chi connectivity index (χ0) is 11.6. The van der Waals surface area contributed by atoms with Gasteiger partial charge in [0.15, 0.2) is 0 Å². The molecule has 15 heavy (non-hydrogen) atoms. The molecule has 4 heteroatoms. The van der Waals surface area contributed by atoms with Gasteiger partial charge in [0.05, 0.1) is 17.6 Å². The maximum absolute atomic E-state index is 9.97. The summed E-state index contributed by atoms with van der Waals surface area (Å²) in [6, 6.07) is 6.86. The van der Waals surface area contributed by atoms with E-state index in [9.17, 15) is 5.11 Å². The van der Waals surface area contributed by atoms with Crippen LogP contribution in [-0.4, -0.2) is 5.11 Å². The van der Waals surface area contributed by atoms with Crippen LogP contribution in [0.25, 0.3) is 0 Å². The zero-order valence-electron chi connectivity index (χ0n) is 8.46. The first-order chi connectivity index (χ1) is 6.88. The Balaban J connectivity index is 3.13. The minimum atomic E-state index is -0.924. The second-order valence-corrected chi connectivity index (χ2v) is 4.75. The highest BCUT2D eigenvalue weighted by atomic mass is 35.5. The predicted molar refractivity (Wildman–Crippen MR) is 60.8 cm³/mol. The van der Waals surface area contributed by atoms with Crippen LogP contribution in [0.1, 0.15) is 25.5 Å². The van der Waals surface area contributed by atoms with Crippen molar-refractivity contribution in [1.29, 1.82) is 5.26 Å². The molecule has 1 atom stereocenters. The Morgan fingerprint density at radius 1 is 1.40 bits per heavy atom. The first kappa shape index (κ1) is 12.3. The lowest BCUT2D eigenvalue weighted by atomic mass is 9.84. The number of nitriles is 1. The van der Waals surface area contributed by atoms with Crippen LogP contribution in [0.3, 0.4) is 0 Å². The quantitative estimate of drug-likeness (QED) is 0.864. The van der Waals surface area contributed by atoms with Crippen LogP contribution in [-0.2, 0) is 0 Å². The fraction of sp³-hybridized carbons (Fsp3) is 0.364. The Hall–Kier alpha value is -0.750. The lowest BCUT2D eigenvalue weighted by molar-refractivity contribution is 0.0869. The minimum Gasteiger partial charge on any atom is -0.387 e. The number of aliphatic hydroxyl groups excluding tert-OH is 1. The van der Waals surface area contributed by atoms with Crippen LogP contribution >= 0.6 is 23.2 Å². The molecule has 0 saturated heterocycles. The fourth-order valence-electron chi connectivity index (χ4n) is 1.17. The van der Waals surface area contributed by atoms with Crippen molar-refractivity contribution in [2.24, 2.45) is 5.41 Å². The van der Waals surface area contributed by atoms with Gasteiger partial charge in [-0.3, -0.25) is 0 Å². The molecule has 0 bridgehead atoms. The number of rotatable bonds is 2. The van der Waals surface area contributed by atoms with Gasteiger partial charge in [-0.05, 0) is 26.0 Å². The Morgan fingerprint density at radius 3 is 2.47 bits per heavy atom. The standard InChI is InChI=1S/C11H11Cl2NO/c1-11(2,6-14)10(15)8-4-3-7(12)5-9(8)13/h3-5,10,15H,1-2H3. The lowest BCUT2D eigenvalue weighted by Gasteiger charge is -2.24. The first-order valence-electron chi connectivity index (χ1n) is 4.43. The van der Waals surface area contributed by atoms with Crippen LogP contribution in [0.5, 0.6) is 0 Å². The normalized spacial score (nSPS) is 13.3. The maximum Gasteiger partial charge on any atom is 0.0985 e. The molecule has 2 nitrogen and oxygen atoms in total. The van der Waals surface area contributed by atoms with Gasteiger partial charge in [0.25, 0.3) is 0 Å². The highest BCUT2D eigenvalue weighted by Gasteiger charge is 2.30. The van der Waals surface area contributed by atoms with Crippen molar-refractivity contribution in [2.45, 2.75) is 20.0 Å². The van der Waals surface area contributed by atoms with Crippen molar-refractivity contribution in [3.05, 3.63) is 33.8 Å². The van der Waals surface area contributed by atoms with Gasteiger partial charge >= 0.3 is 0 Å². The van der Waals surface area contributed by atoms with Gasteiger partial charge in [0, 0.05) is 15.6 Å². The fourth-order valence-corrected chi connectivity index (χ4v) is 1.69. The number of halogens is 2. The maximum atomic E-state index is 9.97. The number of nitrogens with zero attached hydrogens (tertiary/aromatic N) is 1. The summed E-state index contributed by atoms with van der Waals surface area (Å²) in [5.41, 5.74) is -0.357. The summed E-state index contributed by atoms with van der Waals surface area (Å²) in [6.45, 7) is 3.31. The molecule has 0 heterocycles. The van der Waals surface area contributed by atoms with Gasteiger partial charge in [0.2, 0.25) is 0 Å². The summed E-state index contributed by atoms with van der Waals surface area (Å²) in [4.78, 5) is 0. The summed E-state index contributed by atoms with van der Waals surface area (Å²) in [7, 11) is 0. The molecule has 0 spiro atoms. The second kappa shape index (κ2) is 4.40. The minimum absolute atomic E-state index is 0.373. The summed E-state index contributed by atoms with van der Waals surface area (Å²) >= 11 is 11.7. The Morgan fingerprint density at radius 2 is 2.00 bits per heavy atom. The summed E-state index contributed by atoms with van der Waals surface area (Å²) in [5.74, 6) is 0. The summed E-state index contributed by atoms with van der Waals surface area (Å²) < 4.78 is 0. The number of benzene rings is 1. The highest BCUT2D eigenvalue weighted by Crippen LogP contribution is 2.36. The van der Waals surface area contributed by atoms with E-state index in [1.807, 2.05) is 6.07 Å². The Kier molecular flexibility index (Phi) is 3.62. The Bertz CT molecular complexity index is 410. The molecule has 0 aliphatic carbocycles. The third kappa shape index (κ3) is 2.63. The van der Waals surface area contributed by atoms with E-state index >= 15 is 0 Å². The summed E-state index contributed by atoms with van der Waals surface area (Å²) in [5, 5.41) is 19.7. The molecular weight excluding hydrogens is 233 g/mol. The average Bonchev–Trinajstić information content (AvgIpc) is 2.17. The highest BCUT2D eigenvalue weighted by molar-refractivity contribution is 6.35. The second-order valence-electron chi connectivity index (χ2n) is 3.90. The zero-order valence-corrected chi connectivity index (χ0v) is 9.97. The van der Waals surface area contributed by atoms with Gasteiger partial charge in [0.1, 0.15) is 0 Å². The molecule has 0 fully saturated rings. The molecule has 1 unspecified atom stereocenters. The van der Waals surface area contributed by atoms with Crippen molar-refractivity contribution in [1.82, 2.24) is 0 Å². The molecule has 1 aromatic carbocycles. The van der Waals surface area contributed by atoms with Crippen LogP contribution in [0.4, 0.5) is 0 Å². The van der Waals surface area contributed by atoms with E-state index in [2.05, 4.69) is 0 Å². The van der Waals surface area contributed by atoms with E-state index in [0.29, 0.717) is 15.6 Å². The van der Waals surface area contributed by atoms with Crippen molar-refractivity contribution in [3.8, 4) is 6.07 Å². The van der Waals surface area contributed by atoms with Gasteiger partial charge in [-0.25, -0.2) is 0 Å². The molecule has 1 N–H and O–H groups in total. The Labute approximate surface area is 99.0 Å². The SMILES string of the molecule is CC(C)(C#N)C(O)c1ccc(Cl)cc1Cl. The molecule has 1 aromatic rings. The molecule has 0 aromatic heterocycles. The number of aliphatic hydroxyl groups is 1. The van der Waals surface area contributed by atoms with Crippen molar-refractivity contribution < 1.29 is 5.11 Å². The summed E-state index contributed by atoms with van der Waals surface area (Å²) in [6.07, 6.45) is -0.924. The number of hydrogen-bond donors (Lipinski definition) is 1. The molecule has 0 saturated carbocycles. The van der Waals surface area contributed by atoms with E-state index in [1.54, 1.807) is 32.0 Å². The topological polar surface area (TPSA) is 44.0 Å². The number of hydrogen-bond acceptors (Lipinski definition) is 2. The van der Waals surface area contributed by atoms with E-state index in [0.717, 1.165) is 0 Å². The van der Waals surface area contributed by atoms with Crippen molar-refractivity contribution >= 4 is 23.2 Å². The smallest absolute Gasteiger partial charge is 0.0985 e.